The zero-order valence-corrected chi connectivity index (χ0v) is 13.8. The van der Waals surface area contributed by atoms with E-state index in [-0.39, 0.29) is 12.6 Å². The van der Waals surface area contributed by atoms with Crippen LogP contribution in [0.25, 0.3) is 11.5 Å². The first-order chi connectivity index (χ1) is 11.8. The van der Waals surface area contributed by atoms with Gasteiger partial charge in [0.2, 0.25) is 5.89 Å². The minimum Gasteiger partial charge on any atom is -0.444 e. The van der Waals surface area contributed by atoms with Crippen LogP contribution in [0.3, 0.4) is 0 Å². The Balaban J connectivity index is 1.64. The summed E-state index contributed by atoms with van der Waals surface area (Å²) in [5.74, 6) is 0.611. The van der Waals surface area contributed by atoms with Crippen molar-refractivity contribution in [2.45, 2.75) is 25.9 Å². The van der Waals surface area contributed by atoms with E-state index in [9.17, 15) is 5.11 Å². The van der Waals surface area contributed by atoms with E-state index in [1.54, 1.807) is 6.26 Å². The van der Waals surface area contributed by atoms with Crippen molar-refractivity contribution in [1.29, 1.82) is 0 Å². The highest BCUT2D eigenvalue weighted by Crippen LogP contribution is 2.19. The Labute approximate surface area is 142 Å². The molecule has 1 atom stereocenters. The average molecular weight is 322 g/mol. The lowest BCUT2D eigenvalue weighted by molar-refractivity contribution is 0.243. The normalized spacial score (nSPS) is 12.2. The van der Waals surface area contributed by atoms with Gasteiger partial charge in [0, 0.05) is 12.1 Å². The van der Waals surface area contributed by atoms with Gasteiger partial charge in [0.15, 0.2) is 0 Å². The Kier molecular flexibility index (Phi) is 5.41. The van der Waals surface area contributed by atoms with Gasteiger partial charge in [-0.3, -0.25) is 0 Å². The van der Waals surface area contributed by atoms with Gasteiger partial charge in [0.1, 0.15) is 6.26 Å². The Hall–Kier alpha value is -2.43. The van der Waals surface area contributed by atoms with Crippen LogP contribution in [0, 0.1) is 0 Å². The van der Waals surface area contributed by atoms with E-state index in [2.05, 4.69) is 41.5 Å². The van der Waals surface area contributed by atoms with E-state index < -0.39 is 0 Å². The number of oxazole rings is 1. The van der Waals surface area contributed by atoms with Crippen LogP contribution >= 0.6 is 0 Å². The van der Waals surface area contributed by atoms with E-state index in [0.29, 0.717) is 12.4 Å². The summed E-state index contributed by atoms with van der Waals surface area (Å²) in [4.78, 5) is 4.50. The summed E-state index contributed by atoms with van der Waals surface area (Å²) in [6, 6.07) is 18.0. The minimum atomic E-state index is -0.118. The Morgan fingerprint density at radius 2 is 1.83 bits per heavy atom. The molecule has 124 valence electrons. The fourth-order valence-electron chi connectivity index (χ4n) is 2.60. The lowest BCUT2D eigenvalue weighted by atomic mass is 10.0. The first-order valence-electron chi connectivity index (χ1n) is 8.23. The van der Waals surface area contributed by atoms with Crippen molar-refractivity contribution < 1.29 is 9.52 Å². The Morgan fingerprint density at radius 1 is 1.08 bits per heavy atom. The fraction of sp³-hybridized carbons (Fsp3) is 0.250. The highest BCUT2D eigenvalue weighted by Gasteiger charge is 2.12. The predicted molar refractivity (Wildman–Crippen MR) is 94.4 cm³/mol. The lowest BCUT2D eigenvalue weighted by Gasteiger charge is -2.16. The van der Waals surface area contributed by atoms with Crippen molar-refractivity contribution >= 4 is 0 Å². The van der Waals surface area contributed by atoms with Gasteiger partial charge in [-0.25, -0.2) is 4.98 Å². The molecule has 2 aromatic carbocycles. The van der Waals surface area contributed by atoms with Gasteiger partial charge in [0.05, 0.1) is 18.3 Å². The molecule has 0 aliphatic carbocycles. The fourth-order valence-corrected chi connectivity index (χ4v) is 2.60. The van der Waals surface area contributed by atoms with Crippen LogP contribution < -0.4 is 5.32 Å². The topological polar surface area (TPSA) is 58.3 Å². The Morgan fingerprint density at radius 3 is 2.50 bits per heavy atom. The van der Waals surface area contributed by atoms with Crippen molar-refractivity contribution in [3.8, 4) is 11.5 Å². The molecule has 2 N–H and O–H groups in total. The molecule has 0 aliphatic heterocycles. The maximum absolute atomic E-state index is 9.66. The SMILES string of the molecule is CCc1ccc(C(CO)NCc2coc(-c3ccccc3)n2)cc1. The van der Waals surface area contributed by atoms with Crippen molar-refractivity contribution in [2.24, 2.45) is 0 Å². The van der Waals surface area contributed by atoms with Crippen LogP contribution in [0.4, 0.5) is 0 Å². The first kappa shape index (κ1) is 16.4. The molecule has 0 amide bonds. The summed E-state index contributed by atoms with van der Waals surface area (Å²) in [6.45, 7) is 2.71. The highest BCUT2D eigenvalue weighted by atomic mass is 16.3. The summed E-state index contributed by atoms with van der Waals surface area (Å²) in [7, 11) is 0. The summed E-state index contributed by atoms with van der Waals surface area (Å²) in [5, 5.41) is 13.0. The molecule has 24 heavy (non-hydrogen) atoms. The van der Waals surface area contributed by atoms with Crippen LogP contribution in [0.5, 0.6) is 0 Å². The van der Waals surface area contributed by atoms with Crippen molar-refractivity contribution in [2.75, 3.05) is 6.61 Å². The summed E-state index contributed by atoms with van der Waals surface area (Å²) in [5.41, 5.74) is 4.14. The van der Waals surface area contributed by atoms with Gasteiger partial charge >= 0.3 is 0 Å². The number of hydrogen-bond donors (Lipinski definition) is 2. The molecule has 0 saturated heterocycles. The van der Waals surface area contributed by atoms with Gasteiger partial charge in [-0.1, -0.05) is 49.4 Å². The van der Waals surface area contributed by atoms with Crippen LogP contribution in [-0.2, 0) is 13.0 Å². The zero-order chi connectivity index (χ0) is 16.8. The van der Waals surface area contributed by atoms with Crippen molar-refractivity contribution in [3.63, 3.8) is 0 Å². The molecular formula is C20H22N2O2. The molecule has 1 unspecified atom stereocenters. The van der Waals surface area contributed by atoms with Crippen molar-refractivity contribution in [3.05, 3.63) is 77.7 Å². The number of benzene rings is 2. The second-order valence-electron chi connectivity index (χ2n) is 5.72. The summed E-state index contributed by atoms with van der Waals surface area (Å²) < 4.78 is 5.54. The standard InChI is InChI=1S/C20H22N2O2/c1-2-15-8-10-16(11-9-15)19(13-23)21-12-18-14-24-20(22-18)17-6-4-3-5-7-17/h3-11,14,19,21,23H,2,12-13H2,1H3. The molecule has 4 nitrogen and oxygen atoms in total. The molecule has 0 bridgehead atoms. The Bertz CT molecular complexity index is 751. The molecule has 1 heterocycles. The minimum absolute atomic E-state index is 0.0366. The number of aliphatic hydroxyl groups is 1. The number of aromatic nitrogens is 1. The maximum atomic E-state index is 9.66. The second-order valence-corrected chi connectivity index (χ2v) is 5.72. The van der Waals surface area contributed by atoms with Gasteiger partial charge in [-0.15, -0.1) is 0 Å². The van der Waals surface area contributed by atoms with Gasteiger partial charge in [0.25, 0.3) is 0 Å². The van der Waals surface area contributed by atoms with Crippen LogP contribution in [0.1, 0.15) is 29.8 Å². The highest BCUT2D eigenvalue weighted by molar-refractivity contribution is 5.52. The number of aryl methyl sites for hydroxylation is 1. The van der Waals surface area contributed by atoms with Gasteiger partial charge < -0.3 is 14.8 Å². The molecule has 3 rings (SSSR count). The predicted octanol–water partition coefficient (Wildman–Crippen LogP) is 3.73. The number of hydrogen-bond acceptors (Lipinski definition) is 4. The second kappa shape index (κ2) is 7.90. The molecule has 1 aromatic heterocycles. The van der Waals surface area contributed by atoms with Crippen LogP contribution in [-0.4, -0.2) is 16.7 Å². The maximum Gasteiger partial charge on any atom is 0.226 e. The summed E-state index contributed by atoms with van der Waals surface area (Å²) >= 11 is 0. The molecule has 4 heteroatoms. The van der Waals surface area contributed by atoms with Crippen molar-refractivity contribution in [1.82, 2.24) is 10.3 Å². The smallest absolute Gasteiger partial charge is 0.226 e. The quantitative estimate of drug-likeness (QED) is 0.696. The van der Waals surface area contributed by atoms with Crippen LogP contribution in [0.2, 0.25) is 0 Å². The third-order valence-electron chi connectivity index (χ3n) is 4.07. The number of aliphatic hydroxyl groups excluding tert-OH is 1. The molecule has 0 saturated carbocycles. The number of rotatable bonds is 7. The molecule has 0 radical (unpaired) electrons. The zero-order valence-electron chi connectivity index (χ0n) is 13.8. The average Bonchev–Trinajstić information content (AvgIpc) is 3.12. The van der Waals surface area contributed by atoms with E-state index >= 15 is 0 Å². The summed E-state index contributed by atoms with van der Waals surface area (Å²) in [6.07, 6.45) is 2.67. The van der Waals surface area contributed by atoms with Gasteiger partial charge in [-0.05, 0) is 29.7 Å². The van der Waals surface area contributed by atoms with E-state index in [1.165, 1.54) is 5.56 Å². The third-order valence-corrected chi connectivity index (χ3v) is 4.07. The number of nitrogens with zero attached hydrogens (tertiary/aromatic N) is 1. The number of nitrogens with one attached hydrogen (secondary N) is 1. The molecule has 3 aromatic rings. The van der Waals surface area contributed by atoms with Gasteiger partial charge in [-0.2, -0.15) is 0 Å². The molecule has 0 fully saturated rings. The third kappa shape index (κ3) is 3.91. The lowest BCUT2D eigenvalue weighted by Crippen LogP contribution is -2.24. The monoisotopic (exact) mass is 322 g/mol. The largest absolute Gasteiger partial charge is 0.444 e. The molecule has 0 spiro atoms. The molecular weight excluding hydrogens is 300 g/mol. The van der Waals surface area contributed by atoms with E-state index in [1.807, 2.05) is 30.3 Å². The van der Waals surface area contributed by atoms with Crippen LogP contribution in [0.15, 0.2) is 65.3 Å². The van der Waals surface area contributed by atoms with E-state index in [0.717, 1.165) is 23.2 Å². The molecule has 0 aliphatic rings. The first-order valence-corrected chi connectivity index (χ1v) is 8.23. The van der Waals surface area contributed by atoms with E-state index in [4.69, 9.17) is 4.42 Å².